The molecule has 246 valence electrons. The summed E-state index contributed by atoms with van der Waals surface area (Å²) in [5.41, 5.74) is 11.6. The Bertz CT molecular complexity index is 977. The summed E-state index contributed by atoms with van der Waals surface area (Å²) in [6.45, 7) is 4.13. The number of nitrogens with one attached hydrogen (secondary N) is 2. The molecule has 0 atom stereocenters. The van der Waals surface area contributed by atoms with E-state index < -0.39 is 12.2 Å². The van der Waals surface area contributed by atoms with Gasteiger partial charge in [0, 0.05) is 39.4 Å². The molecule has 17 heteroatoms. The van der Waals surface area contributed by atoms with E-state index >= 15 is 0 Å². The van der Waals surface area contributed by atoms with Gasteiger partial charge in [-0.25, -0.2) is 9.59 Å². The number of rotatable bonds is 8. The van der Waals surface area contributed by atoms with Crippen LogP contribution in [0.1, 0.15) is 24.0 Å². The van der Waals surface area contributed by atoms with Crippen molar-refractivity contribution in [2.45, 2.75) is 26.1 Å². The first-order chi connectivity index (χ1) is 21.8. The van der Waals surface area contributed by atoms with E-state index in [2.05, 4.69) is 10.6 Å². The molecule has 1 aliphatic heterocycles. The fraction of sp³-hybridized carbons (Fsp3) is 0.357. The minimum atomic E-state index is -0.529. The average Bonchev–Trinajstić information content (AvgIpc) is 3.65. The Morgan fingerprint density at radius 3 is 1.11 bits per heavy atom. The number of hydrogen-bond donors (Lipinski definition) is 4. The number of nitrogens with two attached hydrogens (primary N) is 2. The first-order valence-electron chi connectivity index (χ1n) is 12.7. The van der Waals surface area contributed by atoms with Gasteiger partial charge in [0.15, 0.2) is 0 Å². The molecule has 0 radical (unpaired) electrons. The van der Waals surface area contributed by atoms with Crippen LogP contribution in [0, 0.1) is 0 Å². The van der Waals surface area contributed by atoms with Crippen molar-refractivity contribution in [3.8, 4) is 0 Å². The van der Waals surface area contributed by atoms with Crippen molar-refractivity contribution in [3.63, 3.8) is 0 Å². The third-order valence-corrected chi connectivity index (χ3v) is 4.08. The van der Waals surface area contributed by atoms with Gasteiger partial charge in [-0.1, -0.05) is 60.7 Å². The highest BCUT2D eigenvalue weighted by Gasteiger charge is 2.04. The molecule has 1 saturated heterocycles. The molecule has 0 spiro atoms. The summed E-state index contributed by atoms with van der Waals surface area (Å²) in [5.74, 6) is 0. The molecule has 1 fully saturated rings. The molecular formula is C28H36N4O13. The number of amides is 2. The number of carbonyl (C=O) groups excluding carboxylic acids is 10. The van der Waals surface area contributed by atoms with Gasteiger partial charge in [-0.3, -0.25) is 0 Å². The van der Waals surface area contributed by atoms with E-state index in [1.807, 2.05) is 60.7 Å². The van der Waals surface area contributed by atoms with E-state index in [0.717, 1.165) is 24.3 Å². The molecule has 1 aliphatic rings. The highest BCUT2D eigenvalue weighted by molar-refractivity contribution is 5.68. The molecule has 0 aromatic heterocycles. The monoisotopic (exact) mass is 636 g/mol. The Hall–Kier alpha value is -5.62. The Balaban J connectivity index is -0.000000324. The van der Waals surface area contributed by atoms with E-state index in [-0.39, 0.29) is 50.9 Å². The van der Waals surface area contributed by atoms with Gasteiger partial charge < -0.3 is 36.3 Å². The number of carbonyl (C=O) groups is 2. The van der Waals surface area contributed by atoms with Gasteiger partial charge in [0.05, 0.1) is 0 Å². The quantitative estimate of drug-likeness (QED) is 0.282. The lowest BCUT2D eigenvalue weighted by Gasteiger charge is -2.09. The summed E-state index contributed by atoms with van der Waals surface area (Å²) < 4.78 is 15.0. The Morgan fingerprint density at radius 1 is 0.600 bits per heavy atom. The first kappa shape index (κ1) is 46.3. The van der Waals surface area contributed by atoms with Crippen LogP contribution in [0.15, 0.2) is 60.7 Å². The van der Waals surface area contributed by atoms with Crippen LogP contribution in [-0.4, -0.2) is 76.2 Å². The van der Waals surface area contributed by atoms with Crippen LogP contribution in [-0.2, 0) is 65.8 Å². The standard InChI is InChI=1S/C18H20N2O4.C4H8O.C2H8N2.4CO2/c21-17(23-13-15-7-3-1-4-8-15)19-11-12-20-18(22)24-14-16-9-5-2-6-10-16;1-2-4-5-3-1;3-1-2-4;4*2-1-3/h1-10H,11-14H2,(H,19,21)(H,20,22);1-4H2;1-4H2;;;;. The van der Waals surface area contributed by atoms with E-state index in [9.17, 15) is 9.59 Å². The van der Waals surface area contributed by atoms with Crippen LogP contribution >= 0.6 is 0 Å². The van der Waals surface area contributed by atoms with Gasteiger partial charge in [0.2, 0.25) is 0 Å². The zero-order valence-electron chi connectivity index (χ0n) is 24.3. The minimum Gasteiger partial charge on any atom is -0.445 e. The van der Waals surface area contributed by atoms with Crippen molar-refractivity contribution in [2.75, 3.05) is 39.4 Å². The maximum atomic E-state index is 11.5. The Kier molecular flexibility index (Phi) is 44.1. The zero-order valence-corrected chi connectivity index (χ0v) is 24.3. The van der Waals surface area contributed by atoms with Crippen molar-refractivity contribution < 1.29 is 62.2 Å². The molecule has 3 rings (SSSR count). The molecule has 45 heavy (non-hydrogen) atoms. The van der Waals surface area contributed by atoms with Crippen molar-refractivity contribution in [2.24, 2.45) is 11.5 Å². The summed E-state index contributed by atoms with van der Waals surface area (Å²) >= 11 is 0. The van der Waals surface area contributed by atoms with E-state index in [1.54, 1.807) is 0 Å². The van der Waals surface area contributed by atoms with Gasteiger partial charge in [-0.05, 0) is 24.0 Å². The lowest BCUT2D eigenvalue weighted by atomic mass is 10.2. The molecule has 17 nitrogen and oxygen atoms in total. The van der Waals surface area contributed by atoms with Gasteiger partial charge in [-0.2, -0.15) is 38.4 Å². The average molecular weight is 637 g/mol. The van der Waals surface area contributed by atoms with Gasteiger partial charge >= 0.3 is 36.8 Å². The summed E-state index contributed by atoms with van der Waals surface area (Å²) in [4.78, 5) is 88.0. The normalized spacial score (nSPS) is 9.29. The zero-order chi connectivity index (χ0) is 34.8. The summed E-state index contributed by atoms with van der Waals surface area (Å²) in [7, 11) is 0. The van der Waals surface area contributed by atoms with Gasteiger partial charge in [0.1, 0.15) is 13.2 Å². The molecule has 0 saturated carbocycles. The number of alkyl carbamates (subject to hydrolysis) is 2. The fourth-order valence-electron chi connectivity index (χ4n) is 2.39. The highest BCUT2D eigenvalue weighted by Crippen LogP contribution is 2.01. The van der Waals surface area contributed by atoms with Crippen LogP contribution in [0.5, 0.6) is 0 Å². The van der Waals surface area contributed by atoms with E-state index in [1.165, 1.54) is 12.8 Å². The predicted molar refractivity (Wildman–Crippen MR) is 147 cm³/mol. The molecule has 0 bridgehead atoms. The highest BCUT2D eigenvalue weighted by atomic mass is 16.6. The Morgan fingerprint density at radius 2 is 0.889 bits per heavy atom. The van der Waals surface area contributed by atoms with Crippen LogP contribution < -0.4 is 22.1 Å². The second-order valence-electron chi connectivity index (χ2n) is 7.21. The van der Waals surface area contributed by atoms with Crippen molar-refractivity contribution >= 4 is 36.8 Å². The van der Waals surface area contributed by atoms with Crippen molar-refractivity contribution in [1.29, 1.82) is 0 Å². The van der Waals surface area contributed by atoms with Gasteiger partial charge in [-0.15, -0.1) is 0 Å². The molecule has 2 aromatic rings. The molecule has 0 unspecified atom stereocenters. The largest absolute Gasteiger partial charge is 0.445 e. The predicted octanol–water partition coefficient (Wildman–Crippen LogP) is 0.206. The third kappa shape index (κ3) is 45.6. The second-order valence-corrected chi connectivity index (χ2v) is 7.21. The number of benzene rings is 2. The molecule has 2 aromatic carbocycles. The van der Waals surface area contributed by atoms with Crippen molar-refractivity contribution in [1.82, 2.24) is 10.6 Å². The first-order valence-corrected chi connectivity index (χ1v) is 12.7. The minimum absolute atomic E-state index is 0.208. The lowest BCUT2D eigenvalue weighted by molar-refractivity contribution is -0.193. The topological polar surface area (TPSA) is 274 Å². The summed E-state index contributed by atoms with van der Waals surface area (Å²) in [6.07, 6.45) is 2.50. The maximum absolute atomic E-state index is 11.5. The molecule has 1 heterocycles. The smallest absolute Gasteiger partial charge is 0.407 e. The molecule has 0 aliphatic carbocycles. The van der Waals surface area contributed by atoms with E-state index in [4.69, 9.17) is 64.0 Å². The second kappa shape index (κ2) is 42.8. The third-order valence-electron chi connectivity index (χ3n) is 4.08. The maximum Gasteiger partial charge on any atom is 0.407 e. The van der Waals surface area contributed by atoms with Crippen LogP contribution in [0.25, 0.3) is 0 Å². The van der Waals surface area contributed by atoms with Crippen LogP contribution in [0.2, 0.25) is 0 Å². The van der Waals surface area contributed by atoms with Crippen LogP contribution in [0.3, 0.4) is 0 Å². The number of ether oxygens (including phenoxy) is 3. The Labute approximate surface area is 258 Å². The fourth-order valence-corrected chi connectivity index (χ4v) is 2.39. The number of hydrogen-bond acceptors (Lipinski definition) is 15. The van der Waals surface area contributed by atoms with Gasteiger partial charge in [0.25, 0.3) is 0 Å². The lowest BCUT2D eigenvalue weighted by Crippen LogP contribution is -2.35. The summed E-state index contributed by atoms with van der Waals surface area (Å²) in [5, 5.41) is 5.10. The summed E-state index contributed by atoms with van der Waals surface area (Å²) in [6, 6.07) is 18.8. The van der Waals surface area contributed by atoms with Crippen molar-refractivity contribution in [3.05, 3.63) is 71.8 Å². The SMILES string of the molecule is C1CCOC1.NCCN.O=C(NCCNC(=O)OCc1ccccc1)OCc1ccccc1.O=C=O.O=C=O.O=C=O.O=C=O. The molecular weight excluding hydrogens is 600 g/mol. The molecule has 6 N–H and O–H groups in total. The molecule has 2 amide bonds. The van der Waals surface area contributed by atoms with E-state index in [0.29, 0.717) is 13.1 Å². The van der Waals surface area contributed by atoms with Crippen LogP contribution in [0.4, 0.5) is 9.59 Å².